The highest BCUT2D eigenvalue weighted by Crippen LogP contribution is 2.32. The molecule has 2 aliphatic rings. The van der Waals surface area contributed by atoms with Gasteiger partial charge < -0.3 is 15.1 Å². The van der Waals surface area contributed by atoms with Crippen LogP contribution in [0.5, 0.6) is 0 Å². The summed E-state index contributed by atoms with van der Waals surface area (Å²) in [6.07, 6.45) is -1.31. The minimum atomic E-state index is -4.49. The number of benzene rings is 1. The molecule has 33 heavy (non-hydrogen) atoms. The van der Waals surface area contributed by atoms with Crippen molar-refractivity contribution in [3.8, 4) is 0 Å². The van der Waals surface area contributed by atoms with Gasteiger partial charge in [-0.2, -0.15) is 13.2 Å². The fraction of sp³-hybridized carbons (Fsp3) is 0.478. The monoisotopic (exact) mass is 461 g/mol. The summed E-state index contributed by atoms with van der Waals surface area (Å²) in [5.74, 6) is 0.752. The molecule has 1 N–H and O–H groups in total. The summed E-state index contributed by atoms with van der Waals surface area (Å²) in [5, 5.41) is 11.0. The number of anilines is 1. The topological polar surface area (TPSA) is 78.4 Å². The zero-order chi connectivity index (χ0) is 23.4. The number of hydrogen-bond acceptors (Lipinski definition) is 5. The molecule has 1 aromatic carbocycles. The number of carbonyl (C=O) groups excluding carboxylic acids is 2. The number of piperazine rings is 1. The molecule has 4 rings (SSSR count). The fourth-order valence-electron chi connectivity index (χ4n) is 3.91. The van der Waals surface area contributed by atoms with E-state index in [4.69, 9.17) is 0 Å². The maximum Gasteiger partial charge on any atom is 0.416 e. The largest absolute Gasteiger partial charge is 0.416 e. The predicted molar refractivity (Wildman–Crippen MR) is 116 cm³/mol. The van der Waals surface area contributed by atoms with E-state index in [1.165, 1.54) is 31.0 Å². The van der Waals surface area contributed by atoms with Crippen LogP contribution in [0.4, 0.5) is 19.0 Å². The first-order valence-corrected chi connectivity index (χ1v) is 11.1. The lowest BCUT2D eigenvalue weighted by atomic mass is 10.0. The van der Waals surface area contributed by atoms with Gasteiger partial charge in [-0.15, -0.1) is 10.2 Å². The predicted octanol–water partition coefficient (Wildman–Crippen LogP) is 2.92. The van der Waals surface area contributed by atoms with Gasteiger partial charge in [-0.05, 0) is 36.1 Å². The summed E-state index contributed by atoms with van der Waals surface area (Å²) in [6, 6.07) is 8.51. The number of halogens is 3. The quantitative estimate of drug-likeness (QED) is 0.686. The van der Waals surface area contributed by atoms with E-state index < -0.39 is 11.7 Å². The Labute approximate surface area is 190 Å². The second-order valence-electron chi connectivity index (χ2n) is 8.46. The Bertz CT molecular complexity index is 984. The van der Waals surface area contributed by atoms with E-state index >= 15 is 0 Å². The number of amides is 2. The summed E-state index contributed by atoms with van der Waals surface area (Å²) >= 11 is 0. The van der Waals surface area contributed by atoms with Crippen molar-refractivity contribution in [3.05, 3.63) is 53.2 Å². The van der Waals surface area contributed by atoms with Gasteiger partial charge in [0.15, 0.2) is 11.5 Å². The van der Waals surface area contributed by atoms with Crippen LogP contribution in [0.2, 0.25) is 0 Å². The molecular weight excluding hydrogens is 435 g/mol. The number of alkyl halides is 3. The molecule has 2 fully saturated rings. The number of carbonyl (C=O) groups is 2. The second-order valence-corrected chi connectivity index (χ2v) is 8.46. The van der Waals surface area contributed by atoms with E-state index in [9.17, 15) is 22.8 Å². The van der Waals surface area contributed by atoms with E-state index in [2.05, 4.69) is 15.5 Å². The molecule has 2 amide bonds. The Hall–Kier alpha value is -3.17. The van der Waals surface area contributed by atoms with Crippen LogP contribution in [0, 0.1) is 5.92 Å². The number of hydrogen-bond donors (Lipinski definition) is 1. The highest BCUT2D eigenvalue weighted by Gasteiger charge is 2.34. The average Bonchev–Trinajstić information content (AvgIpc) is 3.63. The fourth-order valence-corrected chi connectivity index (χ4v) is 3.91. The summed E-state index contributed by atoms with van der Waals surface area (Å²) in [5.41, 5.74) is -0.537. The van der Waals surface area contributed by atoms with Crippen LogP contribution in [0.25, 0.3) is 0 Å². The first-order chi connectivity index (χ1) is 15.8. The Morgan fingerprint density at radius 1 is 1.00 bits per heavy atom. The molecule has 7 nitrogen and oxygen atoms in total. The van der Waals surface area contributed by atoms with Gasteiger partial charge >= 0.3 is 6.18 Å². The van der Waals surface area contributed by atoms with E-state index in [0.717, 1.165) is 18.4 Å². The van der Waals surface area contributed by atoms with Crippen LogP contribution < -0.4 is 10.2 Å². The van der Waals surface area contributed by atoms with E-state index in [1.807, 2.05) is 4.90 Å². The molecule has 2 aromatic rings. The molecule has 1 aliphatic carbocycles. The van der Waals surface area contributed by atoms with Gasteiger partial charge in [0.1, 0.15) is 0 Å². The van der Waals surface area contributed by atoms with Crippen LogP contribution in [0.1, 0.15) is 40.9 Å². The van der Waals surface area contributed by atoms with Crippen LogP contribution in [0.3, 0.4) is 0 Å². The van der Waals surface area contributed by atoms with Crippen LogP contribution >= 0.6 is 0 Å². The third-order valence-electron chi connectivity index (χ3n) is 6.04. The number of rotatable bonds is 7. The zero-order valence-electron chi connectivity index (χ0n) is 18.1. The van der Waals surface area contributed by atoms with Gasteiger partial charge in [0.2, 0.25) is 5.91 Å². The smallest absolute Gasteiger partial charge is 0.352 e. The van der Waals surface area contributed by atoms with E-state index in [-0.39, 0.29) is 29.5 Å². The molecule has 0 unspecified atom stereocenters. The van der Waals surface area contributed by atoms with Gasteiger partial charge in [0, 0.05) is 32.7 Å². The molecule has 0 bridgehead atoms. The lowest BCUT2D eigenvalue weighted by molar-refractivity contribution is -0.138. The summed E-state index contributed by atoms with van der Waals surface area (Å²) in [7, 11) is 0. The molecule has 0 radical (unpaired) electrons. The van der Waals surface area contributed by atoms with Crippen molar-refractivity contribution in [1.29, 1.82) is 0 Å². The summed E-state index contributed by atoms with van der Waals surface area (Å²) in [6.45, 7) is 2.34. The minimum Gasteiger partial charge on any atom is -0.352 e. The average molecular weight is 461 g/mol. The van der Waals surface area contributed by atoms with E-state index in [0.29, 0.717) is 38.5 Å². The second kappa shape index (κ2) is 9.76. The third-order valence-corrected chi connectivity index (χ3v) is 6.04. The molecule has 2 heterocycles. The Balaban J connectivity index is 1.28. The molecule has 1 aliphatic heterocycles. The van der Waals surface area contributed by atoms with Gasteiger partial charge in [-0.1, -0.05) is 31.0 Å². The Morgan fingerprint density at radius 3 is 2.36 bits per heavy atom. The van der Waals surface area contributed by atoms with E-state index in [1.54, 1.807) is 17.0 Å². The highest BCUT2D eigenvalue weighted by atomic mass is 19.4. The zero-order valence-corrected chi connectivity index (χ0v) is 18.1. The third kappa shape index (κ3) is 6.00. The maximum absolute atomic E-state index is 13.2. The van der Waals surface area contributed by atoms with Crippen molar-refractivity contribution in [2.75, 3.05) is 37.6 Å². The SMILES string of the molecule is O=C(NCCC1CC1)c1ccc(N2CCN(C(=O)Cc3ccccc3C(F)(F)F)CC2)nn1. The Kier molecular flexibility index (Phi) is 6.80. The number of aromatic nitrogens is 2. The van der Waals surface area contributed by atoms with Crippen molar-refractivity contribution in [1.82, 2.24) is 20.4 Å². The molecular formula is C23H26F3N5O2. The van der Waals surface area contributed by atoms with Crippen molar-refractivity contribution < 1.29 is 22.8 Å². The van der Waals surface area contributed by atoms with Gasteiger partial charge in [0.25, 0.3) is 5.91 Å². The minimum absolute atomic E-state index is 0.0192. The first kappa shape index (κ1) is 23.0. The Morgan fingerprint density at radius 2 is 1.73 bits per heavy atom. The van der Waals surface area contributed by atoms with Crippen LogP contribution in [0.15, 0.2) is 36.4 Å². The number of nitrogens with zero attached hydrogens (tertiary/aromatic N) is 4. The van der Waals surface area contributed by atoms with Crippen molar-refractivity contribution in [2.24, 2.45) is 5.92 Å². The lowest BCUT2D eigenvalue weighted by Gasteiger charge is -2.35. The summed E-state index contributed by atoms with van der Waals surface area (Å²) in [4.78, 5) is 28.3. The lowest BCUT2D eigenvalue weighted by Crippen LogP contribution is -2.49. The van der Waals surface area contributed by atoms with Gasteiger partial charge in [0.05, 0.1) is 12.0 Å². The molecule has 1 saturated heterocycles. The normalized spacial score (nSPS) is 16.6. The molecule has 0 atom stereocenters. The first-order valence-electron chi connectivity index (χ1n) is 11.1. The molecule has 0 spiro atoms. The standard InChI is InChI=1S/C23H26F3N5O2/c24-23(25,26)18-4-2-1-3-17(18)15-21(32)31-13-11-30(12-14-31)20-8-7-19(28-29-20)22(33)27-10-9-16-5-6-16/h1-4,7-8,16H,5-6,9-15H2,(H,27,33). The van der Waals surface area contributed by atoms with Gasteiger partial charge in [-0.3, -0.25) is 9.59 Å². The molecule has 10 heteroatoms. The van der Waals surface area contributed by atoms with Gasteiger partial charge in [-0.25, -0.2) is 0 Å². The maximum atomic E-state index is 13.2. The van der Waals surface area contributed by atoms with Crippen molar-refractivity contribution in [3.63, 3.8) is 0 Å². The highest BCUT2D eigenvalue weighted by molar-refractivity contribution is 5.92. The van der Waals surface area contributed by atoms with Crippen LogP contribution in [-0.2, 0) is 17.4 Å². The molecule has 1 saturated carbocycles. The summed E-state index contributed by atoms with van der Waals surface area (Å²) < 4.78 is 39.6. The van der Waals surface area contributed by atoms with Crippen molar-refractivity contribution >= 4 is 17.6 Å². The molecule has 176 valence electrons. The van der Waals surface area contributed by atoms with Crippen molar-refractivity contribution in [2.45, 2.75) is 31.9 Å². The number of nitrogens with one attached hydrogen (secondary N) is 1. The van der Waals surface area contributed by atoms with Crippen LogP contribution in [-0.4, -0.2) is 59.6 Å². The molecule has 1 aromatic heterocycles.